The fourth-order valence-electron chi connectivity index (χ4n) is 1.09. The zero-order valence-electron chi connectivity index (χ0n) is 7.95. The van der Waals surface area contributed by atoms with Crippen LogP contribution in [-0.2, 0) is 11.4 Å². The summed E-state index contributed by atoms with van der Waals surface area (Å²) in [6, 6.07) is 5.45. The van der Waals surface area contributed by atoms with Crippen molar-refractivity contribution in [3.8, 4) is 0 Å². The van der Waals surface area contributed by atoms with Crippen LogP contribution in [0.3, 0.4) is 0 Å². The van der Waals surface area contributed by atoms with Crippen LogP contribution in [0.25, 0.3) is 0 Å². The predicted octanol–water partition coefficient (Wildman–Crippen LogP) is 1.36. The summed E-state index contributed by atoms with van der Waals surface area (Å²) < 4.78 is 0. The number of aryl methyl sites for hydroxylation is 1. The third-order valence-corrected chi connectivity index (χ3v) is 2.19. The van der Waals surface area contributed by atoms with Crippen LogP contribution in [0.4, 0.5) is 5.69 Å². The highest BCUT2D eigenvalue weighted by Crippen LogP contribution is 2.16. The Bertz CT molecular complexity index is 339. The van der Waals surface area contributed by atoms with Crippen molar-refractivity contribution < 1.29 is 9.90 Å². The zero-order chi connectivity index (χ0) is 10.6. The van der Waals surface area contributed by atoms with Crippen LogP contribution in [0.5, 0.6) is 0 Å². The van der Waals surface area contributed by atoms with Gasteiger partial charge in [-0.1, -0.05) is 12.1 Å². The Morgan fingerprint density at radius 1 is 1.57 bits per heavy atom. The second-order valence-electron chi connectivity index (χ2n) is 3.01. The summed E-state index contributed by atoms with van der Waals surface area (Å²) in [5.41, 5.74) is 2.48. The van der Waals surface area contributed by atoms with E-state index in [0.29, 0.717) is 0 Å². The van der Waals surface area contributed by atoms with Crippen LogP contribution in [0, 0.1) is 6.92 Å². The van der Waals surface area contributed by atoms with Crippen molar-refractivity contribution in [2.75, 3.05) is 11.1 Å². The number of hydrogen-bond acceptors (Lipinski definition) is 3. The summed E-state index contributed by atoms with van der Waals surface area (Å²) in [7, 11) is 0. The molecule has 0 unspecified atom stereocenters. The van der Waals surface area contributed by atoms with Crippen LogP contribution in [-0.4, -0.2) is 16.8 Å². The van der Waals surface area contributed by atoms with Gasteiger partial charge >= 0.3 is 0 Å². The van der Waals surface area contributed by atoms with Crippen molar-refractivity contribution in [1.82, 2.24) is 0 Å². The molecule has 4 heteroatoms. The van der Waals surface area contributed by atoms with Crippen molar-refractivity contribution in [2.45, 2.75) is 13.5 Å². The summed E-state index contributed by atoms with van der Waals surface area (Å²) in [5.74, 6) is 0.00881. The Labute approximate surface area is 88.6 Å². The molecule has 1 amide bonds. The average Bonchev–Trinajstić information content (AvgIpc) is 2.21. The lowest BCUT2D eigenvalue weighted by molar-refractivity contribution is -0.113. The first kappa shape index (κ1) is 11.1. The van der Waals surface area contributed by atoms with Gasteiger partial charge in [-0.3, -0.25) is 4.79 Å². The van der Waals surface area contributed by atoms with Gasteiger partial charge in [-0.15, -0.1) is 0 Å². The van der Waals surface area contributed by atoms with Gasteiger partial charge < -0.3 is 10.4 Å². The van der Waals surface area contributed by atoms with Gasteiger partial charge in [0.25, 0.3) is 0 Å². The number of nitrogens with one attached hydrogen (secondary N) is 1. The van der Waals surface area contributed by atoms with E-state index in [4.69, 9.17) is 5.11 Å². The second kappa shape index (κ2) is 5.02. The fourth-order valence-corrected chi connectivity index (χ4v) is 1.17. The molecule has 1 rings (SSSR count). The minimum absolute atomic E-state index is 0.0238. The van der Waals surface area contributed by atoms with Crippen molar-refractivity contribution in [3.63, 3.8) is 0 Å². The summed E-state index contributed by atoms with van der Waals surface area (Å²) >= 11 is 3.87. The van der Waals surface area contributed by atoms with E-state index >= 15 is 0 Å². The van der Waals surface area contributed by atoms with E-state index < -0.39 is 0 Å². The van der Waals surface area contributed by atoms with Crippen LogP contribution in [0.15, 0.2) is 18.2 Å². The molecular formula is C10H13NO2S. The molecule has 0 aliphatic carbocycles. The number of thiol groups is 1. The SMILES string of the molecule is Cc1ccc(CO)cc1NC(=O)CS. The third kappa shape index (κ3) is 2.75. The van der Waals surface area contributed by atoms with Gasteiger partial charge in [-0.05, 0) is 24.1 Å². The number of carbonyl (C=O) groups excluding carboxylic acids is 1. The van der Waals surface area contributed by atoms with Crippen molar-refractivity contribution >= 4 is 24.2 Å². The molecule has 0 atom stereocenters. The molecule has 1 aromatic rings. The Hall–Kier alpha value is -1.000. The van der Waals surface area contributed by atoms with E-state index in [9.17, 15) is 4.79 Å². The number of rotatable bonds is 3. The molecule has 0 aliphatic heterocycles. The molecule has 3 nitrogen and oxygen atoms in total. The third-order valence-electron chi connectivity index (χ3n) is 1.90. The molecule has 0 bridgehead atoms. The molecule has 0 aromatic heterocycles. The maximum atomic E-state index is 11.1. The average molecular weight is 211 g/mol. The maximum absolute atomic E-state index is 11.1. The summed E-state index contributed by atoms with van der Waals surface area (Å²) in [4.78, 5) is 11.1. The van der Waals surface area contributed by atoms with Gasteiger partial charge in [0.2, 0.25) is 5.91 Å². The fraction of sp³-hybridized carbons (Fsp3) is 0.300. The molecule has 0 radical (unpaired) electrons. The van der Waals surface area contributed by atoms with Crippen LogP contribution in [0.1, 0.15) is 11.1 Å². The maximum Gasteiger partial charge on any atom is 0.234 e. The number of benzene rings is 1. The molecule has 0 saturated heterocycles. The minimum Gasteiger partial charge on any atom is -0.392 e. The smallest absolute Gasteiger partial charge is 0.234 e. The van der Waals surface area contributed by atoms with Gasteiger partial charge in [0.15, 0.2) is 0 Å². The molecule has 2 N–H and O–H groups in total. The van der Waals surface area contributed by atoms with E-state index in [-0.39, 0.29) is 18.3 Å². The molecule has 76 valence electrons. The Balaban J connectivity index is 2.89. The van der Waals surface area contributed by atoms with Crippen molar-refractivity contribution in [1.29, 1.82) is 0 Å². The van der Waals surface area contributed by atoms with Crippen LogP contribution >= 0.6 is 12.6 Å². The number of aliphatic hydroxyl groups excluding tert-OH is 1. The highest BCUT2D eigenvalue weighted by molar-refractivity contribution is 7.81. The molecule has 1 aromatic carbocycles. The first-order valence-electron chi connectivity index (χ1n) is 4.28. The standard InChI is InChI=1S/C10H13NO2S/c1-7-2-3-8(5-12)4-9(7)11-10(13)6-14/h2-4,12,14H,5-6H2,1H3,(H,11,13). The van der Waals surface area contributed by atoms with Crippen LogP contribution in [0.2, 0.25) is 0 Å². The quantitative estimate of drug-likeness (QED) is 0.661. The summed E-state index contributed by atoms with van der Waals surface area (Å²) in [6.45, 7) is 1.87. The van der Waals surface area contributed by atoms with Gasteiger partial charge in [0, 0.05) is 5.69 Å². The van der Waals surface area contributed by atoms with Crippen molar-refractivity contribution in [3.05, 3.63) is 29.3 Å². The molecule has 0 saturated carbocycles. The zero-order valence-corrected chi connectivity index (χ0v) is 8.84. The highest BCUT2D eigenvalue weighted by Gasteiger charge is 2.03. The Morgan fingerprint density at radius 3 is 2.86 bits per heavy atom. The predicted molar refractivity (Wildman–Crippen MR) is 59.6 cm³/mol. The number of hydrogen-bond donors (Lipinski definition) is 3. The monoisotopic (exact) mass is 211 g/mol. The molecule has 0 fully saturated rings. The lowest BCUT2D eigenvalue weighted by Gasteiger charge is -2.08. The van der Waals surface area contributed by atoms with Crippen molar-refractivity contribution in [2.24, 2.45) is 0 Å². The van der Waals surface area contributed by atoms with E-state index in [0.717, 1.165) is 16.8 Å². The molecule has 0 aliphatic rings. The highest BCUT2D eigenvalue weighted by atomic mass is 32.1. The molecule has 0 spiro atoms. The summed E-state index contributed by atoms with van der Waals surface area (Å²) in [5, 5.41) is 11.6. The Kier molecular flexibility index (Phi) is 3.98. The lowest BCUT2D eigenvalue weighted by atomic mass is 10.1. The summed E-state index contributed by atoms with van der Waals surface area (Å²) in [6.07, 6.45) is 0. The van der Waals surface area contributed by atoms with Gasteiger partial charge in [0.1, 0.15) is 0 Å². The molecule has 14 heavy (non-hydrogen) atoms. The van der Waals surface area contributed by atoms with Gasteiger partial charge in [-0.25, -0.2) is 0 Å². The van der Waals surface area contributed by atoms with Gasteiger partial charge in [0.05, 0.1) is 12.4 Å². The van der Waals surface area contributed by atoms with E-state index in [1.165, 1.54) is 0 Å². The van der Waals surface area contributed by atoms with E-state index in [1.807, 2.05) is 19.1 Å². The second-order valence-corrected chi connectivity index (χ2v) is 3.33. The first-order chi connectivity index (χ1) is 6.67. The lowest BCUT2D eigenvalue weighted by Crippen LogP contribution is -2.13. The van der Waals surface area contributed by atoms with E-state index in [2.05, 4.69) is 17.9 Å². The van der Waals surface area contributed by atoms with Crippen LogP contribution < -0.4 is 5.32 Å². The normalized spacial score (nSPS) is 9.93. The Morgan fingerprint density at radius 2 is 2.29 bits per heavy atom. The largest absolute Gasteiger partial charge is 0.392 e. The number of amides is 1. The molecular weight excluding hydrogens is 198 g/mol. The number of aliphatic hydroxyl groups is 1. The minimum atomic E-state index is -0.147. The van der Waals surface area contributed by atoms with E-state index in [1.54, 1.807) is 6.07 Å². The number of carbonyl (C=O) groups is 1. The molecule has 0 heterocycles. The van der Waals surface area contributed by atoms with Gasteiger partial charge in [-0.2, -0.15) is 12.6 Å². The first-order valence-corrected chi connectivity index (χ1v) is 4.91. The number of anilines is 1. The topological polar surface area (TPSA) is 49.3 Å².